The molecule has 1 aromatic heterocycles. The number of amides is 1. The van der Waals surface area contributed by atoms with Crippen molar-refractivity contribution in [1.29, 1.82) is 0 Å². The number of rotatable bonds is 8. The Labute approximate surface area is 128 Å². The van der Waals surface area contributed by atoms with Crippen LogP contribution in [0.3, 0.4) is 0 Å². The van der Waals surface area contributed by atoms with Crippen molar-refractivity contribution in [3.63, 3.8) is 0 Å². The monoisotopic (exact) mass is 305 g/mol. The molecule has 2 N–H and O–H groups in total. The normalized spacial score (nSPS) is 10.5. The van der Waals surface area contributed by atoms with E-state index in [0.717, 1.165) is 11.3 Å². The number of nitrogens with zero attached hydrogens (tertiary/aromatic N) is 1. The third-order valence-corrected chi connectivity index (χ3v) is 3.70. The highest BCUT2D eigenvalue weighted by atomic mass is 32.1. The van der Waals surface area contributed by atoms with Crippen LogP contribution in [0.25, 0.3) is 0 Å². The number of methoxy groups -OCH3 is 1. The summed E-state index contributed by atoms with van der Waals surface area (Å²) in [7, 11) is 1.63. The molecule has 0 aliphatic rings. The minimum Gasteiger partial charge on any atom is -0.383 e. The van der Waals surface area contributed by atoms with E-state index >= 15 is 0 Å². The average Bonchev–Trinajstić information content (AvgIpc) is 2.92. The van der Waals surface area contributed by atoms with Crippen LogP contribution in [0.2, 0.25) is 0 Å². The van der Waals surface area contributed by atoms with Crippen LogP contribution in [0.1, 0.15) is 10.4 Å². The summed E-state index contributed by atoms with van der Waals surface area (Å²) in [4.78, 5) is 17.1. The van der Waals surface area contributed by atoms with Gasteiger partial charge in [-0.15, -0.1) is 11.3 Å². The first-order valence-corrected chi connectivity index (χ1v) is 7.57. The first-order chi connectivity index (χ1) is 10.3. The maximum absolute atomic E-state index is 11.7. The lowest BCUT2D eigenvalue weighted by atomic mass is 10.1. The number of aromatic nitrogens is 1. The van der Waals surface area contributed by atoms with Gasteiger partial charge in [0.1, 0.15) is 0 Å². The highest BCUT2D eigenvalue weighted by molar-refractivity contribution is 7.15. The van der Waals surface area contributed by atoms with Crippen LogP contribution >= 0.6 is 11.3 Å². The van der Waals surface area contributed by atoms with E-state index < -0.39 is 0 Å². The minimum atomic E-state index is -0.0910. The molecule has 0 unspecified atom stereocenters. The van der Waals surface area contributed by atoms with Crippen LogP contribution in [0.15, 0.2) is 36.5 Å². The molecule has 0 aliphatic heterocycles. The number of anilines is 1. The number of hydrogen-bond donors (Lipinski definition) is 2. The van der Waals surface area contributed by atoms with Crippen molar-refractivity contribution in [2.24, 2.45) is 0 Å². The number of carbonyl (C=O) groups excluding carboxylic acids is 1. The highest BCUT2D eigenvalue weighted by Gasteiger charge is 2.06. The maximum Gasteiger partial charge on any atom is 0.240 e. The Morgan fingerprint density at radius 2 is 2.14 bits per heavy atom. The molecule has 0 atom stereocenters. The lowest BCUT2D eigenvalue weighted by molar-refractivity contribution is -0.115. The zero-order valence-corrected chi connectivity index (χ0v) is 12.8. The third-order valence-electron chi connectivity index (χ3n) is 2.79. The number of benzene rings is 1. The quantitative estimate of drug-likeness (QED) is 0.731. The fourth-order valence-electron chi connectivity index (χ4n) is 1.78. The van der Waals surface area contributed by atoms with E-state index in [2.05, 4.69) is 27.8 Å². The van der Waals surface area contributed by atoms with Gasteiger partial charge in [-0.2, -0.15) is 0 Å². The molecule has 0 saturated heterocycles. The fourth-order valence-corrected chi connectivity index (χ4v) is 2.65. The van der Waals surface area contributed by atoms with E-state index in [1.165, 1.54) is 16.9 Å². The molecule has 2 aromatic rings. The predicted octanol–water partition coefficient (Wildman–Crippen LogP) is 1.91. The van der Waals surface area contributed by atoms with Crippen molar-refractivity contribution < 1.29 is 9.53 Å². The van der Waals surface area contributed by atoms with Crippen LogP contribution in [0, 0.1) is 0 Å². The van der Waals surface area contributed by atoms with Crippen LogP contribution < -0.4 is 10.6 Å². The number of thiazole rings is 1. The van der Waals surface area contributed by atoms with Crippen LogP contribution in [0.4, 0.5) is 5.13 Å². The summed E-state index contributed by atoms with van der Waals surface area (Å²) in [6, 6.07) is 10.2. The zero-order valence-electron chi connectivity index (χ0n) is 12.0. The van der Waals surface area contributed by atoms with Crippen LogP contribution in [-0.2, 0) is 16.0 Å². The number of ether oxygens (including phenoxy) is 1. The standard InChI is InChI=1S/C15H19N3O2S/c1-20-8-7-16-11-14(19)18-15-17-10-13(21-15)9-12-5-3-2-4-6-12/h2-6,10,16H,7-9,11H2,1H3,(H,17,18,19). The number of carbonyl (C=O) groups is 1. The van der Waals surface area contributed by atoms with Gasteiger partial charge >= 0.3 is 0 Å². The fraction of sp³-hybridized carbons (Fsp3) is 0.333. The van der Waals surface area contributed by atoms with Gasteiger partial charge in [-0.3, -0.25) is 4.79 Å². The minimum absolute atomic E-state index is 0.0910. The largest absolute Gasteiger partial charge is 0.383 e. The van der Waals surface area contributed by atoms with Gasteiger partial charge in [0.25, 0.3) is 0 Å². The van der Waals surface area contributed by atoms with Gasteiger partial charge in [0.2, 0.25) is 5.91 Å². The van der Waals surface area contributed by atoms with Gasteiger partial charge in [0.05, 0.1) is 13.2 Å². The molecule has 1 aromatic carbocycles. The molecule has 0 radical (unpaired) electrons. The molecule has 0 aliphatic carbocycles. The molecule has 1 amide bonds. The summed E-state index contributed by atoms with van der Waals surface area (Å²) in [5, 5.41) is 6.42. The molecule has 6 heteroatoms. The second-order valence-electron chi connectivity index (χ2n) is 4.51. The van der Waals surface area contributed by atoms with E-state index in [-0.39, 0.29) is 12.5 Å². The Morgan fingerprint density at radius 3 is 2.90 bits per heavy atom. The van der Waals surface area contributed by atoms with Crippen molar-refractivity contribution in [1.82, 2.24) is 10.3 Å². The molecular formula is C15H19N3O2S. The molecule has 112 valence electrons. The Bertz CT molecular complexity index is 557. The molecule has 0 bridgehead atoms. The topological polar surface area (TPSA) is 63.2 Å². The van der Waals surface area contributed by atoms with Gasteiger partial charge in [-0.25, -0.2) is 4.98 Å². The number of hydrogen-bond acceptors (Lipinski definition) is 5. The Hall–Kier alpha value is -1.76. The summed E-state index contributed by atoms with van der Waals surface area (Å²) in [6.07, 6.45) is 2.64. The van der Waals surface area contributed by atoms with Crippen LogP contribution in [0.5, 0.6) is 0 Å². The summed E-state index contributed by atoms with van der Waals surface area (Å²) in [5.41, 5.74) is 1.24. The molecule has 1 heterocycles. The molecule has 2 rings (SSSR count). The van der Waals surface area contributed by atoms with E-state index in [4.69, 9.17) is 4.74 Å². The summed E-state index contributed by atoms with van der Waals surface area (Å²) in [6.45, 7) is 1.50. The van der Waals surface area contributed by atoms with E-state index in [1.807, 2.05) is 24.4 Å². The van der Waals surface area contributed by atoms with Crippen molar-refractivity contribution in [2.75, 3.05) is 32.1 Å². The third kappa shape index (κ3) is 5.63. The predicted molar refractivity (Wildman–Crippen MR) is 84.7 cm³/mol. The maximum atomic E-state index is 11.7. The molecule has 21 heavy (non-hydrogen) atoms. The summed E-state index contributed by atoms with van der Waals surface area (Å²) < 4.78 is 4.90. The lowest BCUT2D eigenvalue weighted by Gasteiger charge is -2.03. The van der Waals surface area contributed by atoms with E-state index in [9.17, 15) is 4.79 Å². The Morgan fingerprint density at radius 1 is 1.33 bits per heavy atom. The van der Waals surface area contributed by atoms with Gasteiger partial charge in [-0.05, 0) is 5.56 Å². The molecule has 0 spiro atoms. The lowest BCUT2D eigenvalue weighted by Crippen LogP contribution is -2.30. The van der Waals surface area contributed by atoms with Gasteiger partial charge < -0.3 is 15.4 Å². The smallest absolute Gasteiger partial charge is 0.240 e. The van der Waals surface area contributed by atoms with Crippen molar-refractivity contribution in [3.05, 3.63) is 47.0 Å². The summed E-state index contributed by atoms with van der Waals surface area (Å²) >= 11 is 1.50. The van der Waals surface area contributed by atoms with Crippen LogP contribution in [-0.4, -0.2) is 37.7 Å². The second-order valence-corrected chi connectivity index (χ2v) is 5.63. The van der Waals surface area contributed by atoms with E-state index in [0.29, 0.717) is 18.3 Å². The van der Waals surface area contributed by atoms with E-state index in [1.54, 1.807) is 7.11 Å². The Kier molecular flexibility index (Phi) is 6.33. The van der Waals surface area contributed by atoms with Crippen molar-refractivity contribution >= 4 is 22.4 Å². The Balaban J connectivity index is 1.79. The van der Waals surface area contributed by atoms with Crippen molar-refractivity contribution in [2.45, 2.75) is 6.42 Å². The first-order valence-electron chi connectivity index (χ1n) is 6.76. The molecular weight excluding hydrogens is 286 g/mol. The number of nitrogens with one attached hydrogen (secondary N) is 2. The zero-order chi connectivity index (χ0) is 14.9. The van der Waals surface area contributed by atoms with Gasteiger partial charge in [0.15, 0.2) is 5.13 Å². The van der Waals surface area contributed by atoms with Gasteiger partial charge in [0, 0.05) is 31.1 Å². The molecule has 0 fully saturated rings. The highest BCUT2D eigenvalue weighted by Crippen LogP contribution is 2.20. The molecule has 0 saturated carbocycles. The summed E-state index contributed by atoms with van der Waals surface area (Å²) in [5.74, 6) is -0.0910. The first kappa shape index (κ1) is 15.6. The van der Waals surface area contributed by atoms with Crippen molar-refractivity contribution in [3.8, 4) is 0 Å². The second kappa shape index (κ2) is 8.51. The molecule has 5 nitrogen and oxygen atoms in total. The van der Waals surface area contributed by atoms with Gasteiger partial charge in [-0.1, -0.05) is 30.3 Å². The average molecular weight is 305 g/mol. The SMILES string of the molecule is COCCNCC(=O)Nc1ncc(Cc2ccccc2)s1.